The summed E-state index contributed by atoms with van der Waals surface area (Å²) >= 11 is 12.1. The SMILES string of the molecule is C[C@H](OCc1ccccc1)[C@@H](O)CCc1cccc(Cl)c1Cl. The van der Waals surface area contributed by atoms with Crippen molar-refractivity contribution < 1.29 is 9.84 Å². The van der Waals surface area contributed by atoms with Gasteiger partial charge in [-0.1, -0.05) is 65.7 Å². The summed E-state index contributed by atoms with van der Waals surface area (Å²) in [5, 5.41) is 11.3. The highest BCUT2D eigenvalue weighted by atomic mass is 35.5. The zero-order valence-electron chi connectivity index (χ0n) is 12.5. The molecule has 0 saturated carbocycles. The summed E-state index contributed by atoms with van der Waals surface area (Å²) < 4.78 is 5.72. The number of benzene rings is 2. The van der Waals surface area contributed by atoms with E-state index in [1.165, 1.54) is 0 Å². The van der Waals surface area contributed by atoms with Gasteiger partial charge in [0.05, 0.1) is 28.9 Å². The fourth-order valence-electron chi connectivity index (χ4n) is 2.19. The molecule has 2 nitrogen and oxygen atoms in total. The topological polar surface area (TPSA) is 29.5 Å². The zero-order chi connectivity index (χ0) is 15.9. The van der Waals surface area contributed by atoms with Crippen molar-refractivity contribution in [2.75, 3.05) is 0 Å². The normalized spacial score (nSPS) is 13.8. The molecule has 0 spiro atoms. The lowest BCUT2D eigenvalue weighted by Gasteiger charge is -2.20. The highest BCUT2D eigenvalue weighted by molar-refractivity contribution is 6.42. The first-order chi connectivity index (χ1) is 10.6. The van der Waals surface area contributed by atoms with Gasteiger partial charge in [0.25, 0.3) is 0 Å². The molecule has 0 aliphatic carbocycles. The van der Waals surface area contributed by atoms with E-state index in [0.717, 1.165) is 11.1 Å². The molecule has 0 aliphatic heterocycles. The van der Waals surface area contributed by atoms with Crippen molar-refractivity contribution in [2.45, 2.75) is 38.6 Å². The maximum atomic E-state index is 10.2. The molecule has 0 bridgehead atoms. The molecule has 22 heavy (non-hydrogen) atoms. The maximum absolute atomic E-state index is 10.2. The molecule has 0 fully saturated rings. The van der Waals surface area contributed by atoms with Crippen molar-refractivity contribution in [1.29, 1.82) is 0 Å². The van der Waals surface area contributed by atoms with Gasteiger partial charge in [-0.15, -0.1) is 0 Å². The second kappa shape index (κ2) is 8.54. The Kier molecular flexibility index (Phi) is 6.71. The van der Waals surface area contributed by atoms with Gasteiger partial charge in [0, 0.05) is 0 Å². The second-order valence-electron chi connectivity index (χ2n) is 5.32. The van der Waals surface area contributed by atoms with E-state index in [1.54, 1.807) is 6.07 Å². The molecule has 0 aliphatic rings. The molecule has 0 amide bonds. The predicted octanol–water partition coefficient (Wildman–Crippen LogP) is 4.89. The Morgan fingerprint density at radius 3 is 2.50 bits per heavy atom. The Morgan fingerprint density at radius 2 is 1.77 bits per heavy atom. The average Bonchev–Trinajstić information content (AvgIpc) is 2.54. The molecule has 0 saturated heterocycles. The average molecular weight is 339 g/mol. The minimum atomic E-state index is -0.543. The Hall–Kier alpha value is -1.06. The van der Waals surface area contributed by atoms with Gasteiger partial charge in [0.1, 0.15) is 0 Å². The molecule has 2 aromatic carbocycles. The van der Waals surface area contributed by atoms with E-state index in [2.05, 4.69) is 0 Å². The van der Waals surface area contributed by atoms with Crippen LogP contribution in [0.5, 0.6) is 0 Å². The summed E-state index contributed by atoms with van der Waals surface area (Å²) in [6.07, 6.45) is 0.465. The predicted molar refractivity (Wildman–Crippen MR) is 91.5 cm³/mol. The molecule has 118 valence electrons. The van der Waals surface area contributed by atoms with Crippen LogP contribution < -0.4 is 0 Å². The number of aryl methyl sites for hydroxylation is 1. The van der Waals surface area contributed by atoms with Gasteiger partial charge in [-0.3, -0.25) is 0 Å². The molecule has 1 N–H and O–H groups in total. The maximum Gasteiger partial charge on any atom is 0.0810 e. The van der Waals surface area contributed by atoms with E-state index in [1.807, 2.05) is 49.4 Å². The number of ether oxygens (including phenoxy) is 1. The number of rotatable bonds is 7. The smallest absolute Gasteiger partial charge is 0.0810 e. The van der Waals surface area contributed by atoms with Crippen molar-refractivity contribution in [3.8, 4) is 0 Å². The summed E-state index contributed by atoms with van der Waals surface area (Å²) in [6, 6.07) is 15.5. The molecule has 2 atom stereocenters. The van der Waals surface area contributed by atoms with Gasteiger partial charge in [-0.05, 0) is 37.0 Å². The fourth-order valence-corrected chi connectivity index (χ4v) is 2.61. The van der Waals surface area contributed by atoms with Crippen LogP contribution in [0.4, 0.5) is 0 Å². The van der Waals surface area contributed by atoms with Gasteiger partial charge >= 0.3 is 0 Å². The van der Waals surface area contributed by atoms with Crippen molar-refractivity contribution in [1.82, 2.24) is 0 Å². The minimum Gasteiger partial charge on any atom is -0.390 e. The minimum absolute atomic E-state index is 0.238. The monoisotopic (exact) mass is 338 g/mol. The second-order valence-corrected chi connectivity index (χ2v) is 6.11. The van der Waals surface area contributed by atoms with Crippen LogP contribution in [0.3, 0.4) is 0 Å². The zero-order valence-corrected chi connectivity index (χ0v) is 14.0. The van der Waals surface area contributed by atoms with E-state index in [-0.39, 0.29) is 6.10 Å². The number of aliphatic hydroxyl groups is 1. The van der Waals surface area contributed by atoms with E-state index in [9.17, 15) is 5.11 Å². The number of hydrogen-bond donors (Lipinski definition) is 1. The Morgan fingerprint density at radius 1 is 1.05 bits per heavy atom. The summed E-state index contributed by atoms with van der Waals surface area (Å²) in [7, 11) is 0. The Labute approximate surface area is 141 Å². The molecule has 2 aromatic rings. The summed E-state index contributed by atoms with van der Waals surface area (Å²) in [5.41, 5.74) is 2.04. The van der Waals surface area contributed by atoms with E-state index >= 15 is 0 Å². The lowest BCUT2D eigenvalue weighted by Crippen LogP contribution is -2.26. The number of aliphatic hydroxyl groups excluding tert-OH is 1. The largest absolute Gasteiger partial charge is 0.390 e. The summed E-state index contributed by atoms with van der Waals surface area (Å²) in [5.74, 6) is 0. The molecule has 0 unspecified atom stereocenters. The summed E-state index contributed by atoms with van der Waals surface area (Å²) in [4.78, 5) is 0. The third-order valence-electron chi connectivity index (χ3n) is 3.64. The lowest BCUT2D eigenvalue weighted by molar-refractivity contribution is -0.0377. The quantitative estimate of drug-likeness (QED) is 0.778. The fraction of sp³-hybridized carbons (Fsp3) is 0.333. The molecule has 0 heterocycles. The first-order valence-electron chi connectivity index (χ1n) is 7.34. The first-order valence-corrected chi connectivity index (χ1v) is 8.10. The van der Waals surface area contributed by atoms with Crippen LogP contribution in [0.15, 0.2) is 48.5 Å². The summed E-state index contributed by atoms with van der Waals surface area (Å²) in [6.45, 7) is 2.38. The van der Waals surface area contributed by atoms with Crippen LogP contribution >= 0.6 is 23.2 Å². The number of hydrogen-bond acceptors (Lipinski definition) is 2. The van der Waals surface area contributed by atoms with Gasteiger partial charge in [-0.25, -0.2) is 0 Å². The van der Waals surface area contributed by atoms with E-state index < -0.39 is 6.10 Å². The first kappa shape index (κ1) is 17.3. The van der Waals surface area contributed by atoms with Gasteiger partial charge in [0.2, 0.25) is 0 Å². The molecule has 2 rings (SSSR count). The van der Waals surface area contributed by atoms with Crippen molar-refractivity contribution in [3.05, 3.63) is 69.7 Å². The van der Waals surface area contributed by atoms with Crippen LogP contribution in [-0.4, -0.2) is 17.3 Å². The van der Waals surface area contributed by atoms with Crippen molar-refractivity contribution in [2.24, 2.45) is 0 Å². The standard InChI is InChI=1S/C18H20Cl2O2/c1-13(22-12-14-6-3-2-4-7-14)17(21)11-10-15-8-5-9-16(19)18(15)20/h2-9,13,17,21H,10-12H2,1H3/t13-,17-/m0/s1. The molecule has 0 aromatic heterocycles. The highest BCUT2D eigenvalue weighted by Gasteiger charge is 2.16. The van der Waals surface area contributed by atoms with E-state index in [4.69, 9.17) is 27.9 Å². The molecular formula is C18H20Cl2O2. The third kappa shape index (κ3) is 4.99. The van der Waals surface area contributed by atoms with E-state index in [0.29, 0.717) is 29.5 Å². The van der Waals surface area contributed by atoms with Gasteiger partial charge in [-0.2, -0.15) is 0 Å². The van der Waals surface area contributed by atoms with Gasteiger partial charge < -0.3 is 9.84 Å². The Balaban J connectivity index is 1.81. The van der Waals surface area contributed by atoms with Crippen LogP contribution in [0.1, 0.15) is 24.5 Å². The third-order valence-corrected chi connectivity index (χ3v) is 4.50. The molecule has 0 radical (unpaired) electrons. The van der Waals surface area contributed by atoms with Crippen LogP contribution in [-0.2, 0) is 17.8 Å². The van der Waals surface area contributed by atoms with Crippen LogP contribution in [0.25, 0.3) is 0 Å². The van der Waals surface area contributed by atoms with Crippen molar-refractivity contribution >= 4 is 23.2 Å². The molecule has 4 heteroatoms. The molecular weight excluding hydrogens is 319 g/mol. The highest BCUT2D eigenvalue weighted by Crippen LogP contribution is 2.27. The van der Waals surface area contributed by atoms with Gasteiger partial charge in [0.15, 0.2) is 0 Å². The van der Waals surface area contributed by atoms with Crippen LogP contribution in [0.2, 0.25) is 10.0 Å². The Bertz CT molecular complexity index is 587. The number of halogens is 2. The van der Waals surface area contributed by atoms with Crippen LogP contribution in [0, 0.1) is 0 Å². The van der Waals surface area contributed by atoms with Crippen molar-refractivity contribution in [3.63, 3.8) is 0 Å². The lowest BCUT2D eigenvalue weighted by atomic mass is 10.0.